The molecule has 0 aliphatic carbocycles. The maximum Gasteiger partial charge on any atom is 0.222 e. The first-order valence-electron chi connectivity index (χ1n) is 6.61. The van der Waals surface area contributed by atoms with E-state index in [1.54, 1.807) is 6.20 Å². The smallest absolute Gasteiger partial charge is 0.222 e. The minimum atomic E-state index is 0.575. The van der Waals surface area contributed by atoms with Crippen molar-refractivity contribution in [1.82, 2.24) is 15.0 Å². The van der Waals surface area contributed by atoms with Gasteiger partial charge in [0.15, 0.2) is 0 Å². The molecule has 4 heteroatoms. The molecule has 0 saturated carbocycles. The number of hydrogen-bond donors (Lipinski definition) is 0. The minimum Gasteiger partial charge on any atom is -0.477 e. The summed E-state index contributed by atoms with van der Waals surface area (Å²) in [4.78, 5) is 13.3. The number of aryl methyl sites for hydroxylation is 1. The van der Waals surface area contributed by atoms with Crippen LogP contribution >= 0.6 is 0 Å². The monoisotopic (exact) mass is 265 g/mol. The second kappa shape index (κ2) is 5.25. The van der Waals surface area contributed by atoms with Crippen LogP contribution in [0.4, 0.5) is 0 Å². The van der Waals surface area contributed by atoms with E-state index in [1.807, 2.05) is 50.2 Å². The van der Waals surface area contributed by atoms with Gasteiger partial charge in [0.25, 0.3) is 0 Å². The summed E-state index contributed by atoms with van der Waals surface area (Å²) in [5.41, 5.74) is 2.70. The Morgan fingerprint density at radius 1 is 1.05 bits per heavy atom. The summed E-state index contributed by atoms with van der Waals surface area (Å²) in [7, 11) is 0. The summed E-state index contributed by atoms with van der Waals surface area (Å²) in [6.45, 7) is 4.42. The lowest BCUT2D eigenvalue weighted by Crippen LogP contribution is -1.99. The molecule has 0 N–H and O–H groups in total. The standard InChI is InChI=1S/C16H15N3O/c1-3-20-16-13(8-6-10-17-16)15-12-7-4-5-9-14(12)18-11(2)19-15/h4-10H,3H2,1-2H3. The molecule has 2 aromatic heterocycles. The predicted molar refractivity (Wildman–Crippen MR) is 78.7 cm³/mol. The van der Waals surface area contributed by atoms with Crippen molar-refractivity contribution in [3.05, 3.63) is 48.4 Å². The van der Waals surface area contributed by atoms with Crippen LogP contribution in [0.1, 0.15) is 12.7 Å². The van der Waals surface area contributed by atoms with Gasteiger partial charge in [-0.1, -0.05) is 18.2 Å². The Morgan fingerprint density at radius 2 is 1.90 bits per heavy atom. The number of rotatable bonds is 3. The SMILES string of the molecule is CCOc1ncccc1-c1nc(C)nc2ccccc12. The van der Waals surface area contributed by atoms with Crippen molar-refractivity contribution in [3.63, 3.8) is 0 Å². The number of aromatic nitrogens is 3. The molecule has 0 saturated heterocycles. The summed E-state index contributed by atoms with van der Waals surface area (Å²) >= 11 is 0. The van der Waals surface area contributed by atoms with Gasteiger partial charge >= 0.3 is 0 Å². The molecular formula is C16H15N3O. The minimum absolute atomic E-state index is 0.575. The fraction of sp³-hybridized carbons (Fsp3) is 0.188. The third-order valence-electron chi connectivity index (χ3n) is 3.02. The highest BCUT2D eigenvalue weighted by molar-refractivity contribution is 5.93. The van der Waals surface area contributed by atoms with Gasteiger partial charge < -0.3 is 4.74 Å². The predicted octanol–water partition coefficient (Wildman–Crippen LogP) is 3.40. The van der Waals surface area contributed by atoms with E-state index < -0.39 is 0 Å². The van der Waals surface area contributed by atoms with E-state index in [4.69, 9.17) is 4.74 Å². The molecule has 2 heterocycles. The van der Waals surface area contributed by atoms with Gasteiger partial charge in [0.2, 0.25) is 5.88 Å². The molecule has 0 aliphatic rings. The van der Waals surface area contributed by atoms with Gasteiger partial charge in [-0.05, 0) is 32.0 Å². The van der Waals surface area contributed by atoms with Crippen molar-refractivity contribution >= 4 is 10.9 Å². The molecule has 0 aliphatic heterocycles. The van der Waals surface area contributed by atoms with Crippen molar-refractivity contribution in [2.45, 2.75) is 13.8 Å². The Kier molecular flexibility index (Phi) is 3.29. The number of hydrogen-bond acceptors (Lipinski definition) is 4. The zero-order valence-corrected chi connectivity index (χ0v) is 11.5. The number of para-hydroxylation sites is 1. The molecule has 0 radical (unpaired) electrons. The molecule has 3 aromatic rings. The lowest BCUT2D eigenvalue weighted by atomic mass is 10.1. The highest BCUT2D eigenvalue weighted by atomic mass is 16.5. The van der Waals surface area contributed by atoms with Crippen LogP contribution in [0.3, 0.4) is 0 Å². The molecule has 100 valence electrons. The van der Waals surface area contributed by atoms with Crippen LogP contribution in [0.5, 0.6) is 5.88 Å². The first kappa shape index (κ1) is 12.5. The normalized spacial score (nSPS) is 10.7. The lowest BCUT2D eigenvalue weighted by Gasteiger charge is -2.10. The fourth-order valence-electron chi connectivity index (χ4n) is 2.22. The highest BCUT2D eigenvalue weighted by Crippen LogP contribution is 2.31. The zero-order valence-electron chi connectivity index (χ0n) is 11.5. The summed E-state index contributed by atoms with van der Waals surface area (Å²) in [5, 5.41) is 1.01. The number of benzene rings is 1. The van der Waals surface area contributed by atoms with Crippen LogP contribution in [0.2, 0.25) is 0 Å². The van der Waals surface area contributed by atoms with Gasteiger partial charge in [-0.2, -0.15) is 0 Å². The lowest BCUT2D eigenvalue weighted by molar-refractivity contribution is 0.328. The van der Waals surface area contributed by atoms with Gasteiger partial charge in [0.05, 0.1) is 23.4 Å². The Bertz CT molecular complexity index is 756. The number of pyridine rings is 1. The average molecular weight is 265 g/mol. The molecule has 0 atom stereocenters. The highest BCUT2D eigenvalue weighted by Gasteiger charge is 2.13. The Labute approximate surface area is 117 Å². The molecule has 0 bridgehead atoms. The van der Waals surface area contributed by atoms with Crippen molar-refractivity contribution < 1.29 is 4.74 Å². The molecule has 0 amide bonds. The largest absolute Gasteiger partial charge is 0.477 e. The van der Waals surface area contributed by atoms with Crippen LogP contribution in [-0.4, -0.2) is 21.6 Å². The Hall–Kier alpha value is -2.49. The summed E-state index contributed by atoms with van der Waals surface area (Å²) < 4.78 is 5.61. The third-order valence-corrected chi connectivity index (χ3v) is 3.02. The average Bonchev–Trinajstić information content (AvgIpc) is 2.47. The maximum absolute atomic E-state index is 5.61. The topological polar surface area (TPSA) is 47.9 Å². The molecule has 0 fully saturated rings. The molecular weight excluding hydrogens is 250 g/mol. The van der Waals surface area contributed by atoms with Crippen molar-refractivity contribution in [3.8, 4) is 17.1 Å². The third kappa shape index (κ3) is 2.20. The van der Waals surface area contributed by atoms with Crippen LogP contribution in [-0.2, 0) is 0 Å². The number of fused-ring (bicyclic) bond motifs is 1. The number of nitrogens with zero attached hydrogens (tertiary/aromatic N) is 3. The first-order chi connectivity index (χ1) is 9.79. The summed E-state index contributed by atoms with van der Waals surface area (Å²) in [6.07, 6.45) is 1.73. The van der Waals surface area contributed by atoms with E-state index in [-0.39, 0.29) is 0 Å². The van der Waals surface area contributed by atoms with E-state index in [9.17, 15) is 0 Å². The van der Waals surface area contributed by atoms with E-state index >= 15 is 0 Å². The molecule has 4 nitrogen and oxygen atoms in total. The summed E-state index contributed by atoms with van der Waals surface area (Å²) in [5.74, 6) is 1.35. The van der Waals surface area contributed by atoms with Gasteiger partial charge in [-0.15, -0.1) is 0 Å². The maximum atomic E-state index is 5.61. The molecule has 3 rings (SSSR count). The van der Waals surface area contributed by atoms with Crippen molar-refractivity contribution in [1.29, 1.82) is 0 Å². The Morgan fingerprint density at radius 3 is 2.75 bits per heavy atom. The quantitative estimate of drug-likeness (QED) is 0.728. The van der Waals surface area contributed by atoms with Gasteiger partial charge in [-0.3, -0.25) is 0 Å². The van der Waals surface area contributed by atoms with Crippen LogP contribution in [0.15, 0.2) is 42.6 Å². The first-order valence-corrected chi connectivity index (χ1v) is 6.61. The van der Waals surface area contributed by atoms with Crippen LogP contribution in [0, 0.1) is 6.92 Å². The van der Waals surface area contributed by atoms with Crippen molar-refractivity contribution in [2.24, 2.45) is 0 Å². The second-order valence-corrected chi connectivity index (χ2v) is 4.43. The van der Waals surface area contributed by atoms with Crippen LogP contribution in [0.25, 0.3) is 22.2 Å². The molecule has 0 unspecified atom stereocenters. The van der Waals surface area contributed by atoms with Gasteiger partial charge in [-0.25, -0.2) is 15.0 Å². The number of ether oxygens (including phenoxy) is 1. The zero-order chi connectivity index (χ0) is 13.9. The van der Waals surface area contributed by atoms with Crippen LogP contribution < -0.4 is 4.74 Å². The van der Waals surface area contributed by atoms with Gasteiger partial charge in [0.1, 0.15) is 5.82 Å². The molecule has 20 heavy (non-hydrogen) atoms. The second-order valence-electron chi connectivity index (χ2n) is 4.43. The summed E-state index contributed by atoms with van der Waals surface area (Å²) in [6, 6.07) is 11.8. The van der Waals surface area contributed by atoms with Gasteiger partial charge in [0, 0.05) is 11.6 Å². The van der Waals surface area contributed by atoms with E-state index in [2.05, 4.69) is 15.0 Å². The molecule has 1 aromatic carbocycles. The fourth-order valence-corrected chi connectivity index (χ4v) is 2.22. The van der Waals surface area contributed by atoms with E-state index in [1.165, 1.54) is 0 Å². The van der Waals surface area contributed by atoms with Crippen molar-refractivity contribution in [2.75, 3.05) is 6.61 Å². The Balaban J connectivity index is 2.29. The molecule has 0 spiro atoms. The van der Waals surface area contributed by atoms with E-state index in [0.29, 0.717) is 12.5 Å². The van der Waals surface area contributed by atoms with E-state index in [0.717, 1.165) is 28.0 Å².